The van der Waals surface area contributed by atoms with Gasteiger partial charge in [-0.3, -0.25) is 4.79 Å². The highest BCUT2D eigenvalue weighted by Gasteiger charge is 2.30. The van der Waals surface area contributed by atoms with Crippen LogP contribution in [0.25, 0.3) is 0 Å². The molecule has 0 unspecified atom stereocenters. The number of halogens is 3. The number of hydrogen-bond acceptors (Lipinski definition) is 5. The van der Waals surface area contributed by atoms with Crippen LogP contribution in [0.15, 0.2) is 29.6 Å². The van der Waals surface area contributed by atoms with Crippen molar-refractivity contribution in [1.29, 1.82) is 0 Å². The Morgan fingerprint density at radius 1 is 1.33 bits per heavy atom. The highest BCUT2D eigenvalue weighted by molar-refractivity contribution is 7.14. The molecule has 1 aromatic heterocycles. The Balaban J connectivity index is 2.00. The highest BCUT2D eigenvalue weighted by Crippen LogP contribution is 2.29. The molecule has 0 radical (unpaired) electrons. The molecule has 0 fully saturated rings. The molecule has 9 heteroatoms. The number of ether oxygens (including phenoxy) is 1. The average molecular weight is 358 g/mol. The molecule has 1 aromatic carbocycles. The number of carbonyl (C=O) groups excluding carboxylic acids is 2. The molecular weight excluding hydrogens is 345 g/mol. The van der Waals surface area contributed by atoms with Gasteiger partial charge in [-0.1, -0.05) is 18.2 Å². The summed E-state index contributed by atoms with van der Waals surface area (Å²) in [7, 11) is 0. The van der Waals surface area contributed by atoms with Crippen LogP contribution in [0.4, 0.5) is 18.3 Å². The fourth-order valence-electron chi connectivity index (χ4n) is 1.84. The first-order chi connectivity index (χ1) is 11.3. The van der Waals surface area contributed by atoms with E-state index in [-0.39, 0.29) is 29.4 Å². The van der Waals surface area contributed by atoms with Gasteiger partial charge >= 0.3 is 12.1 Å². The summed E-state index contributed by atoms with van der Waals surface area (Å²) in [5.74, 6) is -1.13. The summed E-state index contributed by atoms with van der Waals surface area (Å²) in [4.78, 5) is 27.3. The number of esters is 1. The van der Waals surface area contributed by atoms with Crippen molar-refractivity contribution < 1.29 is 27.5 Å². The van der Waals surface area contributed by atoms with Crippen LogP contribution in [-0.4, -0.2) is 23.5 Å². The molecule has 128 valence electrons. The van der Waals surface area contributed by atoms with Crippen molar-refractivity contribution in [3.63, 3.8) is 0 Å². The lowest BCUT2D eigenvalue weighted by molar-refractivity contribution is -0.137. The van der Waals surface area contributed by atoms with Gasteiger partial charge in [-0.2, -0.15) is 13.2 Å². The number of nitrogens with one attached hydrogen (secondary N) is 1. The van der Waals surface area contributed by atoms with E-state index in [9.17, 15) is 22.8 Å². The average Bonchev–Trinajstić information content (AvgIpc) is 2.95. The van der Waals surface area contributed by atoms with Crippen molar-refractivity contribution in [1.82, 2.24) is 4.98 Å². The Kier molecular flexibility index (Phi) is 5.55. The molecule has 0 aliphatic carbocycles. The molecule has 0 bridgehead atoms. The summed E-state index contributed by atoms with van der Waals surface area (Å²) >= 11 is 1.03. The van der Waals surface area contributed by atoms with Gasteiger partial charge < -0.3 is 10.1 Å². The lowest BCUT2D eigenvalue weighted by Gasteiger charge is -2.08. The number of alkyl halides is 3. The minimum Gasteiger partial charge on any atom is -0.461 e. The normalized spacial score (nSPS) is 11.2. The Morgan fingerprint density at radius 3 is 2.75 bits per heavy atom. The largest absolute Gasteiger partial charge is 0.461 e. The topological polar surface area (TPSA) is 68.3 Å². The van der Waals surface area contributed by atoms with Crippen LogP contribution in [0.3, 0.4) is 0 Å². The smallest absolute Gasteiger partial charge is 0.416 e. The van der Waals surface area contributed by atoms with Gasteiger partial charge in [0.05, 0.1) is 18.6 Å². The van der Waals surface area contributed by atoms with Gasteiger partial charge in [0, 0.05) is 5.38 Å². The summed E-state index contributed by atoms with van der Waals surface area (Å²) in [6.07, 6.45) is -4.70. The van der Waals surface area contributed by atoms with Gasteiger partial charge in [0.2, 0.25) is 5.91 Å². The third-order valence-corrected chi connectivity index (χ3v) is 3.61. The van der Waals surface area contributed by atoms with Crippen LogP contribution >= 0.6 is 11.3 Å². The van der Waals surface area contributed by atoms with E-state index < -0.39 is 23.6 Å². The van der Waals surface area contributed by atoms with Crippen LogP contribution in [0.5, 0.6) is 0 Å². The van der Waals surface area contributed by atoms with Crippen molar-refractivity contribution >= 4 is 28.3 Å². The molecule has 0 aliphatic rings. The first kappa shape index (κ1) is 17.9. The third-order valence-electron chi connectivity index (χ3n) is 2.85. The molecule has 0 saturated carbocycles. The number of anilines is 1. The molecule has 0 saturated heterocycles. The van der Waals surface area contributed by atoms with Crippen LogP contribution in [0.2, 0.25) is 0 Å². The lowest BCUT2D eigenvalue weighted by atomic mass is 10.1. The molecule has 2 aromatic rings. The van der Waals surface area contributed by atoms with Gasteiger partial charge in [0.25, 0.3) is 0 Å². The number of carbonyl (C=O) groups is 2. The Hall–Kier alpha value is -2.42. The van der Waals surface area contributed by atoms with Crippen molar-refractivity contribution in [3.05, 3.63) is 46.5 Å². The minimum absolute atomic E-state index is 0.0659. The van der Waals surface area contributed by atoms with E-state index in [1.165, 1.54) is 17.5 Å². The number of aromatic nitrogens is 1. The van der Waals surface area contributed by atoms with Crippen molar-refractivity contribution in [2.45, 2.75) is 19.5 Å². The maximum absolute atomic E-state index is 12.6. The zero-order valence-electron chi connectivity index (χ0n) is 12.5. The number of rotatable bonds is 5. The van der Waals surface area contributed by atoms with E-state index in [0.29, 0.717) is 0 Å². The Morgan fingerprint density at radius 2 is 2.08 bits per heavy atom. The fourth-order valence-corrected chi connectivity index (χ4v) is 2.53. The maximum Gasteiger partial charge on any atom is 0.416 e. The number of amides is 1. The zero-order valence-corrected chi connectivity index (χ0v) is 13.3. The summed E-state index contributed by atoms with van der Waals surface area (Å²) in [6.45, 7) is 1.86. The zero-order chi connectivity index (χ0) is 17.7. The number of nitrogens with zero attached hydrogens (tertiary/aromatic N) is 1. The minimum atomic E-state index is -4.46. The second kappa shape index (κ2) is 7.43. The molecule has 0 spiro atoms. The lowest BCUT2D eigenvalue weighted by Crippen LogP contribution is -2.15. The third kappa shape index (κ3) is 4.79. The van der Waals surface area contributed by atoms with Crippen molar-refractivity contribution in [2.24, 2.45) is 0 Å². The monoisotopic (exact) mass is 358 g/mol. The van der Waals surface area contributed by atoms with Crippen LogP contribution in [0.1, 0.15) is 28.5 Å². The quantitative estimate of drug-likeness (QED) is 0.831. The van der Waals surface area contributed by atoms with Gasteiger partial charge in [-0.15, -0.1) is 11.3 Å². The van der Waals surface area contributed by atoms with Crippen molar-refractivity contribution in [2.75, 3.05) is 11.9 Å². The molecule has 5 nitrogen and oxygen atoms in total. The number of hydrogen-bond donors (Lipinski definition) is 1. The molecule has 1 heterocycles. The predicted octanol–water partition coefficient (Wildman–Crippen LogP) is 3.52. The maximum atomic E-state index is 12.6. The van der Waals surface area contributed by atoms with E-state index in [1.807, 2.05) is 0 Å². The fraction of sp³-hybridized carbons (Fsp3) is 0.267. The molecule has 2 rings (SSSR count). The predicted molar refractivity (Wildman–Crippen MR) is 81.8 cm³/mol. The standard InChI is InChI=1S/C15H13F3N2O3S/c1-2-23-13(22)11-8-24-14(19-11)20-12(21)7-9-4-3-5-10(6-9)15(16,17)18/h3-6,8H,2,7H2,1H3,(H,19,20,21). The summed E-state index contributed by atoms with van der Waals surface area (Å²) in [5.41, 5.74) is -0.521. The Bertz CT molecular complexity index is 744. The molecule has 1 N–H and O–H groups in total. The number of benzene rings is 1. The van der Waals surface area contributed by atoms with E-state index >= 15 is 0 Å². The summed E-state index contributed by atoms with van der Waals surface area (Å²) in [5, 5.41) is 4.05. The SMILES string of the molecule is CCOC(=O)c1csc(NC(=O)Cc2cccc(C(F)(F)F)c2)n1. The molecule has 0 atom stereocenters. The number of thiazole rings is 1. The second-order valence-electron chi connectivity index (χ2n) is 4.68. The first-order valence-corrected chi connectivity index (χ1v) is 7.76. The second-order valence-corrected chi connectivity index (χ2v) is 5.54. The summed E-state index contributed by atoms with van der Waals surface area (Å²) in [6, 6.07) is 4.54. The van der Waals surface area contributed by atoms with Crippen molar-refractivity contribution in [3.8, 4) is 0 Å². The van der Waals surface area contributed by atoms with Gasteiger partial charge in [-0.25, -0.2) is 9.78 Å². The van der Waals surface area contributed by atoms with Gasteiger partial charge in [-0.05, 0) is 18.6 Å². The summed E-state index contributed by atoms with van der Waals surface area (Å²) < 4.78 is 42.7. The first-order valence-electron chi connectivity index (χ1n) is 6.88. The van der Waals surface area contributed by atoms with E-state index in [2.05, 4.69) is 10.3 Å². The molecule has 24 heavy (non-hydrogen) atoms. The molecule has 1 amide bonds. The molecule has 0 aliphatic heterocycles. The Labute approximate surface area is 139 Å². The van der Waals surface area contributed by atoms with E-state index in [1.54, 1.807) is 6.92 Å². The van der Waals surface area contributed by atoms with Gasteiger partial charge in [0.15, 0.2) is 10.8 Å². The van der Waals surface area contributed by atoms with E-state index in [0.717, 1.165) is 23.5 Å². The van der Waals surface area contributed by atoms with Crippen LogP contribution < -0.4 is 5.32 Å². The van der Waals surface area contributed by atoms with Gasteiger partial charge in [0.1, 0.15) is 0 Å². The van der Waals surface area contributed by atoms with Crippen LogP contribution in [0, 0.1) is 0 Å². The molecular formula is C15H13F3N2O3S. The highest BCUT2D eigenvalue weighted by atomic mass is 32.1. The van der Waals surface area contributed by atoms with E-state index in [4.69, 9.17) is 4.74 Å². The van der Waals surface area contributed by atoms with Crippen LogP contribution in [-0.2, 0) is 22.1 Å².